The van der Waals surface area contributed by atoms with Gasteiger partial charge in [0.2, 0.25) is 11.8 Å². The number of halogens is 2. The number of aromatic nitrogens is 1. The number of anilines is 3. The van der Waals surface area contributed by atoms with Gasteiger partial charge in [-0.1, -0.05) is 0 Å². The molecule has 0 bridgehead atoms. The summed E-state index contributed by atoms with van der Waals surface area (Å²) in [6.45, 7) is 1.24. The average molecular weight is 565 g/mol. The SMILES string of the molecule is CN(C)[C@H]1CCN(C(=O)Nc2cc(Oc3ccc(N(C(=O)C4(C(N)=O)CC4)c4ccc(F)cc4)c(F)c3)ccn2)C1. The lowest BCUT2D eigenvalue weighted by Gasteiger charge is -2.27. The third kappa shape index (κ3) is 5.82. The topological polar surface area (TPSA) is 121 Å². The summed E-state index contributed by atoms with van der Waals surface area (Å²) in [7, 11) is 3.96. The van der Waals surface area contributed by atoms with Crippen LogP contribution in [-0.4, -0.2) is 65.9 Å². The molecule has 2 heterocycles. The van der Waals surface area contributed by atoms with Gasteiger partial charge in [-0.15, -0.1) is 0 Å². The zero-order chi connectivity index (χ0) is 29.3. The number of carbonyl (C=O) groups excluding carboxylic acids is 3. The Morgan fingerprint density at radius 3 is 2.37 bits per heavy atom. The van der Waals surface area contributed by atoms with Gasteiger partial charge in [0.15, 0.2) is 5.82 Å². The molecule has 1 atom stereocenters. The highest BCUT2D eigenvalue weighted by molar-refractivity contribution is 6.16. The Hall–Kier alpha value is -4.58. The van der Waals surface area contributed by atoms with Gasteiger partial charge in [0.05, 0.1) is 5.69 Å². The van der Waals surface area contributed by atoms with E-state index in [0.29, 0.717) is 24.9 Å². The third-order valence-corrected chi connectivity index (χ3v) is 7.46. The number of urea groups is 1. The number of rotatable bonds is 8. The molecule has 4 amide bonds. The molecule has 3 N–H and O–H groups in total. The fourth-order valence-corrected chi connectivity index (χ4v) is 4.81. The van der Waals surface area contributed by atoms with Crippen molar-refractivity contribution in [2.24, 2.45) is 11.1 Å². The maximum Gasteiger partial charge on any atom is 0.323 e. The van der Waals surface area contributed by atoms with E-state index in [2.05, 4.69) is 15.2 Å². The molecule has 2 aliphatic rings. The summed E-state index contributed by atoms with van der Waals surface area (Å²) < 4.78 is 34.9. The van der Waals surface area contributed by atoms with Crippen LogP contribution >= 0.6 is 0 Å². The van der Waals surface area contributed by atoms with Gasteiger partial charge in [-0.05, 0) is 75.8 Å². The standard InChI is InChI=1S/C29H30F2N6O4/c1-35(2)20-10-14-36(17-20)28(40)34-25-16-22(9-13-33-25)41-21-7-8-24(23(31)15-21)37(19-5-3-18(30)4-6-19)27(39)29(11-12-29)26(32)38/h3-9,13,15-16,20H,10-12,14,17H2,1-2H3,(H2,32,38)(H,33,34,40)/t20-/m0/s1. The van der Waals surface area contributed by atoms with Crippen LogP contribution in [0.1, 0.15) is 19.3 Å². The largest absolute Gasteiger partial charge is 0.457 e. The molecule has 0 radical (unpaired) electrons. The lowest BCUT2D eigenvalue weighted by atomic mass is 10.0. The van der Waals surface area contributed by atoms with Gasteiger partial charge >= 0.3 is 6.03 Å². The van der Waals surface area contributed by atoms with Gasteiger partial charge in [0.25, 0.3) is 0 Å². The van der Waals surface area contributed by atoms with E-state index in [1.165, 1.54) is 36.5 Å². The number of ether oxygens (including phenoxy) is 1. The van der Waals surface area contributed by atoms with Crippen LogP contribution in [0.5, 0.6) is 11.5 Å². The van der Waals surface area contributed by atoms with Crippen LogP contribution in [0.3, 0.4) is 0 Å². The molecule has 2 fully saturated rings. The zero-order valence-electron chi connectivity index (χ0n) is 22.6. The first-order valence-corrected chi connectivity index (χ1v) is 13.1. The number of benzene rings is 2. The number of hydrogen-bond acceptors (Lipinski definition) is 6. The van der Waals surface area contributed by atoms with Gasteiger partial charge in [-0.2, -0.15) is 0 Å². The number of nitrogens with one attached hydrogen (secondary N) is 1. The third-order valence-electron chi connectivity index (χ3n) is 7.46. The first-order valence-electron chi connectivity index (χ1n) is 13.1. The molecule has 214 valence electrons. The molecule has 0 spiro atoms. The monoisotopic (exact) mass is 564 g/mol. The van der Waals surface area contributed by atoms with Crippen LogP contribution in [0.2, 0.25) is 0 Å². The van der Waals surface area contributed by atoms with E-state index in [-0.39, 0.29) is 41.8 Å². The number of likely N-dealkylation sites (tertiary alicyclic amines) is 1. The second-order valence-corrected chi connectivity index (χ2v) is 10.4. The molecule has 3 aromatic rings. The van der Waals surface area contributed by atoms with E-state index in [9.17, 15) is 18.8 Å². The molecule has 1 aliphatic carbocycles. The van der Waals surface area contributed by atoms with E-state index >= 15 is 4.39 Å². The Balaban J connectivity index is 1.34. The quantitative estimate of drug-likeness (QED) is 0.395. The summed E-state index contributed by atoms with van der Waals surface area (Å²) in [5.41, 5.74) is 4.10. The van der Waals surface area contributed by atoms with Crippen LogP contribution in [0.15, 0.2) is 60.8 Å². The second kappa shape index (κ2) is 11.1. The maximum absolute atomic E-state index is 15.5. The van der Waals surface area contributed by atoms with Gasteiger partial charge in [-0.3, -0.25) is 19.8 Å². The van der Waals surface area contributed by atoms with E-state index in [0.717, 1.165) is 29.5 Å². The summed E-state index contributed by atoms with van der Waals surface area (Å²) in [5, 5.41) is 2.76. The maximum atomic E-state index is 15.5. The number of amides is 4. The highest BCUT2D eigenvalue weighted by Gasteiger charge is 2.57. The van der Waals surface area contributed by atoms with Gasteiger partial charge in [0.1, 0.15) is 28.5 Å². The minimum atomic E-state index is -1.43. The smallest absolute Gasteiger partial charge is 0.323 e. The van der Waals surface area contributed by atoms with Crippen molar-refractivity contribution in [1.29, 1.82) is 0 Å². The van der Waals surface area contributed by atoms with Gasteiger partial charge < -0.3 is 20.3 Å². The number of carbonyl (C=O) groups is 3. The Labute approximate surface area is 235 Å². The molecule has 5 rings (SSSR count). The molecule has 10 nitrogen and oxygen atoms in total. The van der Waals surface area contributed by atoms with Gasteiger partial charge in [-0.25, -0.2) is 18.6 Å². The molecule has 2 aromatic carbocycles. The molecule has 1 aromatic heterocycles. The first-order chi connectivity index (χ1) is 19.6. The van der Waals surface area contributed by atoms with Crippen LogP contribution < -0.4 is 20.7 Å². The van der Waals surface area contributed by atoms with Crippen molar-refractivity contribution < 1.29 is 27.9 Å². The number of nitrogens with two attached hydrogens (primary N) is 1. The van der Waals surface area contributed by atoms with E-state index < -0.39 is 28.9 Å². The van der Waals surface area contributed by atoms with E-state index in [1.807, 2.05) is 14.1 Å². The second-order valence-electron chi connectivity index (χ2n) is 10.4. The highest BCUT2D eigenvalue weighted by atomic mass is 19.1. The number of nitrogens with zero attached hydrogens (tertiary/aromatic N) is 4. The van der Waals surface area contributed by atoms with E-state index in [1.54, 1.807) is 11.0 Å². The minimum absolute atomic E-state index is 0.116. The Morgan fingerprint density at radius 2 is 1.76 bits per heavy atom. The molecule has 1 saturated heterocycles. The normalized spacial score (nSPS) is 17.3. The predicted octanol–water partition coefficient (Wildman–Crippen LogP) is 4.25. The van der Waals surface area contributed by atoms with E-state index in [4.69, 9.17) is 10.5 Å². The van der Waals surface area contributed by atoms with Crippen LogP contribution in [0, 0.1) is 17.0 Å². The molecule has 1 aliphatic heterocycles. The average Bonchev–Trinajstić information content (AvgIpc) is 3.60. The summed E-state index contributed by atoms with van der Waals surface area (Å²) >= 11 is 0. The predicted molar refractivity (Wildman–Crippen MR) is 148 cm³/mol. The molecule has 12 heteroatoms. The minimum Gasteiger partial charge on any atom is -0.457 e. The van der Waals surface area contributed by atoms with Crippen molar-refractivity contribution in [1.82, 2.24) is 14.8 Å². The Bertz CT molecular complexity index is 1480. The molecular formula is C29H30F2N6O4. The highest BCUT2D eigenvalue weighted by Crippen LogP contribution is 2.49. The molecule has 41 heavy (non-hydrogen) atoms. The summed E-state index contributed by atoms with van der Waals surface area (Å²) in [6, 6.07) is 11.9. The van der Waals surface area contributed by atoms with Crippen molar-refractivity contribution in [2.45, 2.75) is 25.3 Å². The summed E-state index contributed by atoms with van der Waals surface area (Å²) in [4.78, 5) is 47.2. The lowest BCUT2D eigenvalue weighted by Crippen LogP contribution is -2.41. The van der Waals surface area contributed by atoms with Crippen LogP contribution in [0.25, 0.3) is 0 Å². The summed E-state index contributed by atoms with van der Waals surface area (Å²) in [5.74, 6) is -2.14. The zero-order valence-corrected chi connectivity index (χ0v) is 22.6. The number of likely N-dealkylation sites (N-methyl/N-ethyl adjacent to an activating group) is 1. The van der Waals surface area contributed by atoms with Crippen molar-refractivity contribution >= 4 is 35.0 Å². The summed E-state index contributed by atoms with van der Waals surface area (Å²) in [6.07, 6.45) is 2.83. The Morgan fingerprint density at radius 1 is 1.05 bits per heavy atom. The van der Waals surface area contributed by atoms with Crippen molar-refractivity contribution in [3.8, 4) is 11.5 Å². The van der Waals surface area contributed by atoms with Crippen molar-refractivity contribution in [2.75, 3.05) is 37.4 Å². The van der Waals surface area contributed by atoms with Crippen molar-refractivity contribution in [3.05, 3.63) is 72.4 Å². The molecule has 0 unspecified atom stereocenters. The molecule has 1 saturated carbocycles. The first kappa shape index (κ1) is 28.0. The van der Waals surface area contributed by atoms with Crippen molar-refractivity contribution in [3.63, 3.8) is 0 Å². The number of pyridine rings is 1. The van der Waals surface area contributed by atoms with Crippen LogP contribution in [-0.2, 0) is 9.59 Å². The number of primary amides is 1. The lowest BCUT2D eigenvalue weighted by molar-refractivity contribution is -0.133. The molecular weight excluding hydrogens is 534 g/mol. The number of hydrogen-bond donors (Lipinski definition) is 2. The fourth-order valence-electron chi connectivity index (χ4n) is 4.81. The Kier molecular flexibility index (Phi) is 7.59. The van der Waals surface area contributed by atoms with Gasteiger partial charge in [0, 0.05) is 43.1 Å². The van der Waals surface area contributed by atoms with Crippen LogP contribution in [0.4, 0.5) is 30.8 Å². The fraction of sp³-hybridized carbons (Fsp3) is 0.310.